The molecule has 1 aliphatic carbocycles. The van der Waals surface area contributed by atoms with Gasteiger partial charge in [0.05, 0.1) is 12.1 Å². The van der Waals surface area contributed by atoms with Crippen LogP contribution in [-0.2, 0) is 0 Å². The van der Waals surface area contributed by atoms with Crippen molar-refractivity contribution in [2.75, 3.05) is 6.61 Å². The normalized spacial score (nSPS) is 17.1. The maximum Gasteiger partial charge on any atom is 0.257 e. The van der Waals surface area contributed by atoms with Gasteiger partial charge in [-0.1, -0.05) is 6.07 Å². The number of hydrogen-bond acceptors (Lipinski definition) is 2. The highest BCUT2D eigenvalue weighted by molar-refractivity contribution is 5.95. The van der Waals surface area contributed by atoms with Gasteiger partial charge in [0.2, 0.25) is 0 Å². The molecule has 1 aliphatic rings. The van der Waals surface area contributed by atoms with Crippen LogP contribution in [0.15, 0.2) is 12.1 Å². The van der Waals surface area contributed by atoms with E-state index in [0.29, 0.717) is 12.8 Å². The Labute approximate surface area is 104 Å². The third-order valence-electron chi connectivity index (χ3n) is 3.50. The Morgan fingerprint density at radius 2 is 2.11 bits per heavy atom. The average molecular weight is 255 g/mol. The van der Waals surface area contributed by atoms with Crippen LogP contribution in [0.5, 0.6) is 0 Å². The molecule has 0 aromatic heterocycles. The molecule has 18 heavy (non-hydrogen) atoms. The Morgan fingerprint density at radius 3 is 2.61 bits per heavy atom. The number of aliphatic hydroxyl groups is 1. The number of halogens is 2. The maximum atomic E-state index is 13.8. The van der Waals surface area contributed by atoms with Crippen molar-refractivity contribution in [3.05, 3.63) is 34.9 Å². The zero-order valence-electron chi connectivity index (χ0n) is 10.1. The fourth-order valence-corrected chi connectivity index (χ4v) is 2.09. The molecule has 0 atom stereocenters. The molecule has 0 saturated heterocycles. The molecule has 0 radical (unpaired) electrons. The standard InChI is InChI=1S/C13H15F2NO2/c1-8-3-4-9(14)10(11(8)15)12(18)16-13(7-17)5-2-6-13/h3-4,17H,2,5-7H2,1H3,(H,16,18). The van der Waals surface area contributed by atoms with E-state index < -0.39 is 28.6 Å². The van der Waals surface area contributed by atoms with Crippen molar-refractivity contribution < 1.29 is 18.7 Å². The van der Waals surface area contributed by atoms with Crippen molar-refractivity contribution in [3.63, 3.8) is 0 Å². The van der Waals surface area contributed by atoms with Crippen LogP contribution in [0, 0.1) is 18.6 Å². The number of aliphatic hydroxyl groups excluding tert-OH is 1. The molecule has 2 N–H and O–H groups in total. The predicted octanol–water partition coefficient (Wildman–Crippen LogP) is 1.92. The number of benzene rings is 1. The smallest absolute Gasteiger partial charge is 0.257 e. The van der Waals surface area contributed by atoms with Crippen LogP contribution in [0.1, 0.15) is 35.2 Å². The van der Waals surface area contributed by atoms with Gasteiger partial charge in [-0.15, -0.1) is 0 Å². The molecule has 0 heterocycles. The van der Waals surface area contributed by atoms with Gasteiger partial charge in [0, 0.05) is 0 Å². The van der Waals surface area contributed by atoms with E-state index in [2.05, 4.69) is 5.32 Å². The highest BCUT2D eigenvalue weighted by atomic mass is 19.1. The van der Waals surface area contributed by atoms with Crippen molar-refractivity contribution >= 4 is 5.91 Å². The first-order chi connectivity index (χ1) is 8.49. The van der Waals surface area contributed by atoms with Crippen LogP contribution in [-0.4, -0.2) is 23.2 Å². The quantitative estimate of drug-likeness (QED) is 0.867. The molecule has 0 aliphatic heterocycles. The Morgan fingerprint density at radius 1 is 1.44 bits per heavy atom. The second-order valence-corrected chi connectivity index (χ2v) is 4.80. The van der Waals surface area contributed by atoms with Crippen molar-refractivity contribution in [3.8, 4) is 0 Å². The summed E-state index contributed by atoms with van der Waals surface area (Å²) in [6, 6.07) is 2.35. The van der Waals surface area contributed by atoms with Crippen LogP contribution in [0.2, 0.25) is 0 Å². The molecule has 0 bridgehead atoms. The summed E-state index contributed by atoms with van der Waals surface area (Å²) in [7, 11) is 0. The van der Waals surface area contributed by atoms with Crippen LogP contribution in [0.25, 0.3) is 0 Å². The van der Waals surface area contributed by atoms with Crippen LogP contribution in [0.3, 0.4) is 0 Å². The van der Waals surface area contributed by atoms with Gasteiger partial charge in [-0.05, 0) is 37.8 Å². The molecule has 98 valence electrons. The second-order valence-electron chi connectivity index (χ2n) is 4.80. The second kappa shape index (κ2) is 4.65. The number of nitrogens with one attached hydrogen (secondary N) is 1. The van der Waals surface area contributed by atoms with Crippen molar-refractivity contribution in [2.24, 2.45) is 0 Å². The van der Waals surface area contributed by atoms with E-state index in [1.54, 1.807) is 0 Å². The van der Waals surface area contributed by atoms with Gasteiger partial charge in [0.1, 0.15) is 17.2 Å². The molecule has 0 unspecified atom stereocenters. The Hall–Kier alpha value is -1.49. The zero-order valence-corrected chi connectivity index (χ0v) is 10.1. The Balaban J connectivity index is 2.26. The van der Waals surface area contributed by atoms with E-state index in [1.165, 1.54) is 13.0 Å². The zero-order chi connectivity index (χ0) is 13.3. The Kier molecular flexibility index (Phi) is 3.34. The lowest BCUT2D eigenvalue weighted by atomic mass is 9.77. The largest absolute Gasteiger partial charge is 0.394 e. The van der Waals surface area contributed by atoms with Gasteiger partial charge in [-0.3, -0.25) is 4.79 Å². The number of carbonyl (C=O) groups is 1. The molecule has 0 spiro atoms. The van der Waals surface area contributed by atoms with Gasteiger partial charge >= 0.3 is 0 Å². The molecule has 1 saturated carbocycles. The summed E-state index contributed by atoms with van der Waals surface area (Å²) < 4.78 is 27.3. The summed E-state index contributed by atoms with van der Waals surface area (Å²) in [5.74, 6) is -2.54. The average Bonchev–Trinajstić information content (AvgIpc) is 2.29. The van der Waals surface area contributed by atoms with E-state index >= 15 is 0 Å². The molecular weight excluding hydrogens is 240 g/mol. The molecule has 1 aromatic carbocycles. The molecule has 5 heteroatoms. The topological polar surface area (TPSA) is 49.3 Å². The first-order valence-electron chi connectivity index (χ1n) is 5.87. The van der Waals surface area contributed by atoms with E-state index in [-0.39, 0.29) is 12.2 Å². The van der Waals surface area contributed by atoms with Crippen molar-refractivity contribution in [1.29, 1.82) is 0 Å². The summed E-state index contributed by atoms with van der Waals surface area (Å²) in [6.45, 7) is 1.25. The summed E-state index contributed by atoms with van der Waals surface area (Å²) >= 11 is 0. The fourth-order valence-electron chi connectivity index (χ4n) is 2.09. The van der Waals surface area contributed by atoms with Crippen LogP contribution in [0.4, 0.5) is 8.78 Å². The summed E-state index contributed by atoms with van der Waals surface area (Å²) in [5.41, 5.74) is -1.07. The third-order valence-corrected chi connectivity index (χ3v) is 3.50. The van der Waals surface area contributed by atoms with Gasteiger partial charge in [0.15, 0.2) is 0 Å². The predicted molar refractivity (Wildman–Crippen MR) is 62.2 cm³/mol. The van der Waals surface area contributed by atoms with Crippen LogP contribution >= 0.6 is 0 Å². The first-order valence-corrected chi connectivity index (χ1v) is 5.87. The maximum absolute atomic E-state index is 13.8. The van der Waals surface area contributed by atoms with Crippen molar-refractivity contribution in [2.45, 2.75) is 31.7 Å². The van der Waals surface area contributed by atoms with Gasteiger partial charge in [-0.2, -0.15) is 0 Å². The lowest BCUT2D eigenvalue weighted by molar-refractivity contribution is 0.0635. The molecule has 1 amide bonds. The molecule has 2 rings (SSSR count). The highest BCUT2D eigenvalue weighted by Gasteiger charge is 2.38. The number of carbonyl (C=O) groups excluding carboxylic acids is 1. The molecule has 1 aromatic rings. The number of amides is 1. The summed E-state index contributed by atoms with van der Waals surface area (Å²) in [5, 5.41) is 11.8. The third kappa shape index (κ3) is 2.10. The molecule has 3 nitrogen and oxygen atoms in total. The minimum atomic E-state index is -0.886. The lowest BCUT2D eigenvalue weighted by Gasteiger charge is -2.41. The summed E-state index contributed by atoms with van der Waals surface area (Å²) in [4.78, 5) is 11.9. The fraction of sp³-hybridized carbons (Fsp3) is 0.462. The van der Waals surface area contributed by atoms with E-state index in [4.69, 9.17) is 0 Å². The summed E-state index contributed by atoms with van der Waals surface area (Å²) in [6.07, 6.45) is 2.15. The molecular formula is C13H15F2NO2. The van der Waals surface area contributed by atoms with Gasteiger partial charge in [-0.25, -0.2) is 8.78 Å². The van der Waals surface area contributed by atoms with Gasteiger partial charge in [0.25, 0.3) is 5.91 Å². The first kappa shape index (κ1) is 13.0. The van der Waals surface area contributed by atoms with Crippen molar-refractivity contribution in [1.82, 2.24) is 5.32 Å². The number of hydrogen-bond donors (Lipinski definition) is 2. The van der Waals surface area contributed by atoms with Gasteiger partial charge < -0.3 is 10.4 Å². The SMILES string of the molecule is Cc1ccc(F)c(C(=O)NC2(CO)CCC2)c1F. The van der Waals surface area contributed by atoms with Crippen LogP contribution < -0.4 is 5.32 Å². The lowest BCUT2D eigenvalue weighted by Crippen LogP contribution is -2.56. The Bertz CT molecular complexity index is 479. The monoisotopic (exact) mass is 255 g/mol. The number of rotatable bonds is 3. The highest BCUT2D eigenvalue weighted by Crippen LogP contribution is 2.31. The minimum Gasteiger partial charge on any atom is -0.394 e. The van der Waals surface area contributed by atoms with E-state index in [1.807, 2.05) is 0 Å². The molecule has 1 fully saturated rings. The van der Waals surface area contributed by atoms with E-state index in [9.17, 15) is 18.7 Å². The minimum absolute atomic E-state index is 0.214. The van der Waals surface area contributed by atoms with E-state index in [0.717, 1.165) is 12.5 Å². The number of aryl methyl sites for hydroxylation is 1.